The first-order valence-corrected chi connectivity index (χ1v) is 15.1. The first-order valence-electron chi connectivity index (χ1n) is 14.2. The fourth-order valence-corrected chi connectivity index (χ4v) is 5.62. The molecule has 1 aromatic heterocycles. The third-order valence-corrected chi connectivity index (χ3v) is 7.47. The van der Waals surface area contributed by atoms with Crippen LogP contribution in [0, 0.1) is 0 Å². The molecular weight excluding hydrogens is 604 g/mol. The highest BCUT2D eigenvalue weighted by atomic mass is 32.1. The first-order chi connectivity index (χ1) is 21.7. The highest BCUT2D eigenvalue weighted by molar-refractivity contribution is 7.07. The molecule has 0 amide bonds. The number of ether oxygens (including phenoxy) is 6. The van der Waals surface area contributed by atoms with Gasteiger partial charge in [-0.05, 0) is 69.2 Å². The minimum absolute atomic E-state index is 0.131. The molecule has 0 spiro atoms. The average molecular weight is 639 g/mol. The molecule has 3 aromatic rings. The number of benzene rings is 2. The van der Waals surface area contributed by atoms with Gasteiger partial charge in [-0.15, -0.1) is 0 Å². The van der Waals surface area contributed by atoms with Gasteiger partial charge in [0, 0.05) is 0 Å². The van der Waals surface area contributed by atoms with E-state index in [1.165, 1.54) is 23.0 Å². The summed E-state index contributed by atoms with van der Waals surface area (Å²) >= 11 is 1.17. The lowest BCUT2D eigenvalue weighted by Crippen LogP contribution is -2.40. The van der Waals surface area contributed by atoms with Crippen molar-refractivity contribution < 1.29 is 42.8 Å². The van der Waals surface area contributed by atoms with E-state index in [-0.39, 0.29) is 37.6 Å². The summed E-state index contributed by atoms with van der Waals surface area (Å²) < 4.78 is 33.7. The van der Waals surface area contributed by atoms with Gasteiger partial charge in [-0.1, -0.05) is 29.5 Å². The van der Waals surface area contributed by atoms with Gasteiger partial charge in [-0.2, -0.15) is 0 Å². The maximum atomic E-state index is 14.0. The second-order valence-corrected chi connectivity index (χ2v) is 10.5. The van der Waals surface area contributed by atoms with E-state index in [9.17, 15) is 19.2 Å². The van der Waals surface area contributed by atoms with Crippen LogP contribution in [0.25, 0.3) is 6.08 Å². The Hall–Kier alpha value is -4.91. The Morgan fingerprint density at radius 2 is 1.67 bits per heavy atom. The number of allylic oxidation sites excluding steroid dienone is 1. The zero-order valence-corrected chi connectivity index (χ0v) is 26.4. The predicted molar refractivity (Wildman–Crippen MR) is 164 cm³/mol. The lowest BCUT2D eigenvalue weighted by atomic mass is 9.95. The maximum absolute atomic E-state index is 14.0. The van der Waals surface area contributed by atoms with Crippen molar-refractivity contribution >= 4 is 35.3 Å². The van der Waals surface area contributed by atoms with Gasteiger partial charge < -0.3 is 28.4 Å². The summed E-state index contributed by atoms with van der Waals surface area (Å²) in [6.45, 7) is 7.01. The Labute approximate surface area is 263 Å². The van der Waals surface area contributed by atoms with E-state index in [0.717, 1.165) is 0 Å². The number of esters is 3. The summed E-state index contributed by atoms with van der Waals surface area (Å²) in [4.78, 5) is 55.7. The van der Waals surface area contributed by atoms with Gasteiger partial charge in [0.2, 0.25) is 0 Å². The van der Waals surface area contributed by atoms with Crippen molar-refractivity contribution in [2.45, 2.75) is 33.7 Å². The van der Waals surface area contributed by atoms with Gasteiger partial charge in [0.15, 0.2) is 29.5 Å². The quantitative estimate of drug-likeness (QED) is 0.203. The van der Waals surface area contributed by atoms with E-state index in [1.54, 1.807) is 76.2 Å². The van der Waals surface area contributed by atoms with Crippen molar-refractivity contribution in [3.63, 3.8) is 0 Å². The van der Waals surface area contributed by atoms with Gasteiger partial charge in [-0.3, -0.25) is 9.36 Å². The molecule has 1 atom stereocenters. The summed E-state index contributed by atoms with van der Waals surface area (Å²) in [5.41, 5.74) is 1.44. The van der Waals surface area contributed by atoms with Crippen LogP contribution in [0.5, 0.6) is 17.2 Å². The van der Waals surface area contributed by atoms with Crippen LogP contribution in [-0.2, 0) is 28.6 Å². The molecule has 1 aliphatic heterocycles. The van der Waals surface area contributed by atoms with Gasteiger partial charge >= 0.3 is 17.9 Å². The number of carbonyl (C=O) groups excluding carboxylic acids is 3. The van der Waals surface area contributed by atoms with Crippen molar-refractivity contribution in [1.82, 2.24) is 4.57 Å². The molecule has 0 unspecified atom stereocenters. The molecule has 0 N–H and O–H groups in total. The third kappa shape index (κ3) is 7.79. The lowest BCUT2D eigenvalue weighted by Gasteiger charge is -2.25. The molecule has 2 aromatic carbocycles. The number of rotatable bonds is 13. The van der Waals surface area contributed by atoms with Gasteiger partial charge in [0.05, 0.1) is 48.8 Å². The molecule has 4 rings (SSSR count). The van der Waals surface area contributed by atoms with Crippen molar-refractivity contribution in [2.75, 3.05) is 40.1 Å². The van der Waals surface area contributed by atoms with E-state index in [2.05, 4.69) is 9.73 Å². The van der Waals surface area contributed by atoms with Gasteiger partial charge in [-0.25, -0.2) is 19.4 Å². The molecule has 0 saturated heterocycles. The van der Waals surface area contributed by atoms with Crippen LogP contribution in [0.1, 0.15) is 44.9 Å². The molecule has 0 aliphatic carbocycles. The fraction of sp³-hybridized carbons (Fsp3) is 0.344. The summed E-state index contributed by atoms with van der Waals surface area (Å²) in [5.74, 6) is -0.609. The van der Waals surface area contributed by atoms with Crippen LogP contribution < -0.4 is 29.1 Å². The third-order valence-electron chi connectivity index (χ3n) is 6.49. The van der Waals surface area contributed by atoms with E-state index < -0.39 is 23.9 Å². The lowest BCUT2D eigenvalue weighted by molar-refractivity contribution is -0.145. The minimum Gasteiger partial charge on any atom is -0.490 e. The van der Waals surface area contributed by atoms with Crippen molar-refractivity contribution in [3.8, 4) is 17.2 Å². The van der Waals surface area contributed by atoms with Crippen LogP contribution in [0.2, 0.25) is 0 Å². The molecule has 45 heavy (non-hydrogen) atoms. The van der Waals surface area contributed by atoms with Crippen molar-refractivity contribution in [3.05, 3.63) is 84.5 Å². The summed E-state index contributed by atoms with van der Waals surface area (Å²) in [6, 6.07) is 11.0. The van der Waals surface area contributed by atoms with Crippen LogP contribution >= 0.6 is 11.3 Å². The molecule has 12 nitrogen and oxygen atoms in total. The average Bonchev–Trinajstić information content (AvgIpc) is 3.32. The van der Waals surface area contributed by atoms with Crippen LogP contribution in [0.15, 0.2) is 63.5 Å². The van der Waals surface area contributed by atoms with E-state index in [0.29, 0.717) is 50.0 Å². The monoisotopic (exact) mass is 638 g/mol. The van der Waals surface area contributed by atoms with Gasteiger partial charge in [0.25, 0.3) is 5.56 Å². The minimum atomic E-state index is -0.893. The van der Waals surface area contributed by atoms with E-state index >= 15 is 0 Å². The van der Waals surface area contributed by atoms with E-state index in [4.69, 9.17) is 23.7 Å². The molecule has 2 heterocycles. The Kier molecular flexibility index (Phi) is 11.1. The number of nitrogens with zero attached hydrogens (tertiary/aromatic N) is 2. The maximum Gasteiger partial charge on any atom is 0.344 e. The molecular formula is C32H34N2O10S. The second-order valence-electron chi connectivity index (χ2n) is 9.47. The SMILES string of the molecule is CCOC(=O)COc1cccc(/C=c2/sc3n(c2=O)[C@@H](c2ccc(OCC(=O)OC)c(OCC)c2)C(C(=O)OCC)=C(C)N=3)c1. The fourth-order valence-electron chi connectivity index (χ4n) is 4.58. The zero-order chi connectivity index (χ0) is 32.5. The highest BCUT2D eigenvalue weighted by Gasteiger charge is 2.34. The number of thiazole rings is 1. The molecule has 0 saturated carbocycles. The summed E-state index contributed by atoms with van der Waals surface area (Å²) in [5, 5.41) is 0. The number of hydrogen-bond donors (Lipinski definition) is 0. The molecule has 0 radical (unpaired) electrons. The normalized spacial score (nSPS) is 14.2. The van der Waals surface area contributed by atoms with E-state index in [1.807, 2.05) is 0 Å². The number of aromatic nitrogens is 1. The molecule has 238 valence electrons. The Bertz CT molecular complexity index is 1790. The smallest absolute Gasteiger partial charge is 0.344 e. The number of fused-ring (bicyclic) bond motifs is 1. The molecule has 1 aliphatic rings. The number of methoxy groups -OCH3 is 1. The van der Waals surface area contributed by atoms with Gasteiger partial charge in [0.1, 0.15) is 5.75 Å². The number of hydrogen-bond acceptors (Lipinski definition) is 12. The summed E-state index contributed by atoms with van der Waals surface area (Å²) in [6.07, 6.45) is 1.69. The van der Waals surface area contributed by atoms with Crippen LogP contribution in [0.4, 0.5) is 0 Å². The standard InChI is InChI=1S/C32H34N2O10S/c1-6-40-24-16-21(12-13-23(24)44-17-26(35)39-5)29-28(31(38)42-8-3)19(4)33-32-34(29)30(37)25(45-32)15-20-10-9-11-22(14-20)43-18-27(36)41-7-2/h9-16,29H,6-8,17-18H2,1-5H3/b25-15+/t29-/m0/s1. The first kappa shape index (κ1) is 33.0. The Morgan fingerprint density at radius 3 is 2.38 bits per heavy atom. The second kappa shape index (κ2) is 15.2. The molecule has 0 fully saturated rings. The summed E-state index contributed by atoms with van der Waals surface area (Å²) in [7, 11) is 1.26. The van der Waals surface area contributed by atoms with Crippen molar-refractivity contribution in [2.24, 2.45) is 4.99 Å². The number of carbonyl (C=O) groups is 3. The van der Waals surface area contributed by atoms with Crippen LogP contribution in [-0.4, -0.2) is 62.6 Å². The molecule has 0 bridgehead atoms. The zero-order valence-electron chi connectivity index (χ0n) is 25.6. The molecule has 13 heteroatoms. The Morgan fingerprint density at radius 1 is 0.911 bits per heavy atom. The van der Waals surface area contributed by atoms with Crippen molar-refractivity contribution in [1.29, 1.82) is 0 Å². The highest BCUT2D eigenvalue weighted by Crippen LogP contribution is 2.36. The largest absolute Gasteiger partial charge is 0.490 e. The Balaban J connectivity index is 1.81. The predicted octanol–water partition coefficient (Wildman–Crippen LogP) is 2.69. The topological polar surface area (TPSA) is 141 Å². The van der Waals surface area contributed by atoms with Crippen LogP contribution in [0.3, 0.4) is 0 Å².